The van der Waals surface area contributed by atoms with Crippen LogP contribution in [0.4, 0.5) is 5.95 Å². The molecule has 0 amide bonds. The number of hydrogen-bond donors (Lipinski definition) is 1. The minimum absolute atomic E-state index is 0.258. The van der Waals surface area contributed by atoms with Crippen LogP contribution in [-0.2, 0) is 4.74 Å². The Hall–Kier alpha value is -1.65. The lowest BCUT2D eigenvalue weighted by Gasteiger charge is -2.02. The standard InChI is InChI=1S/C8H11N3O2/c1-3-9-8-10-5-4-6(11-8)7(12)13-2/h4-5H,3H2,1-2H3,(H,9,10,11). The lowest BCUT2D eigenvalue weighted by Crippen LogP contribution is -2.08. The van der Waals surface area contributed by atoms with Crippen molar-refractivity contribution >= 4 is 11.9 Å². The molecule has 0 aromatic carbocycles. The van der Waals surface area contributed by atoms with Crippen LogP contribution in [0.3, 0.4) is 0 Å². The first kappa shape index (κ1) is 9.44. The van der Waals surface area contributed by atoms with E-state index in [0.717, 1.165) is 0 Å². The summed E-state index contributed by atoms with van der Waals surface area (Å²) < 4.78 is 4.51. The topological polar surface area (TPSA) is 64.1 Å². The Labute approximate surface area is 76.2 Å². The fourth-order valence-corrected chi connectivity index (χ4v) is 0.820. The summed E-state index contributed by atoms with van der Waals surface area (Å²) in [6.45, 7) is 2.64. The van der Waals surface area contributed by atoms with E-state index in [2.05, 4.69) is 20.0 Å². The van der Waals surface area contributed by atoms with Gasteiger partial charge in [0, 0.05) is 12.7 Å². The minimum atomic E-state index is -0.457. The van der Waals surface area contributed by atoms with E-state index in [9.17, 15) is 4.79 Å². The van der Waals surface area contributed by atoms with Gasteiger partial charge in [-0.05, 0) is 13.0 Å². The van der Waals surface area contributed by atoms with E-state index < -0.39 is 5.97 Å². The number of ether oxygens (including phenoxy) is 1. The number of hydrogen-bond acceptors (Lipinski definition) is 5. The first-order chi connectivity index (χ1) is 6.27. The molecule has 0 aliphatic heterocycles. The number of methoxy groups -OCH3 is 1. The molecule has 0 aliphatic rings. The van der Waals surface area contributed by atoms with Crippen LogP contribution < -0.4 is 5.32 Å². The summed E-state index contributed by atoms with van der Waals surface area (Å²) >= 11 is 0. The maximum Gasteiger partial charge on any atom is 0.356 e. The van der Waals surface area contributed by atoms with Gasteiger partial charge in [-0.3, -0.25) is 0 Å². The van der Waals surface area contributed by atoms with Gasteiger partial charge in [0.25, 0.3) is 0 Å². The molecule has 0 saturated carbocycles. The highest BCUT2D eigenvalue weighted by atomic mass is 16.5. The van der Waals surface area contributed by atoms with Gasteiger partial charge in [0.1, 0.15) is 0 Å². The maximum absolute atomic E-state index is 11.0. The number of carbonyl (C=O) groups excluding carboxylic acids is 1. The molecule has 70 valence electrons. The van der Waals surface area contributed by atoms with Gasteiger partial charge >= 0.3 is 5.97 Å². The molecule has 0 atom stereocenters. The molecular weight excluding hydrogens is 170 g/mol. The molecule has 0 radical (unpaired) electrons. The average Bonchev–Trinajstić information content (AvgIpc) is 2.18. The van der Waals surface area contributed by atoms with Crippen LogP contribution in [0.1, 0.15) is 17.4 Å². The zero-order valence-corrected chi connectivity index (χ0v) is 7.57. The molecule has 5 nitrogen and oxygen atoms in total. The lowest BCUT2D eigenvalue weighted by molar-refractivity contribution is 0.0594. The highest BCUT2D eigenvalue weighted by Crippen LogP contribution is 2.00. The number of esters is 1. The molecule has 13 heavy (non-hydrogen) atoms. The second kappa shape index (κ2) is 4.39. The molecule has 1 aromatic rings. The molecule has 0 spiro atoms. The van der Waals surface area contributed by atoms with Gasteiger partial charge in [-0.2, -0.15) is 0 Å². The number of anilines is 1. The number of nitrogens with zero attached hydrogens (tertiary/aromatic N) is 2. The van der Waals surface area contributed by atoms with Crippen LogP contribution in [0.15, 0.2) is 12.3 Å². The molecular formula is C8H11N3O2. The molecule has 1 rings (SSSR count). The number of aromatic nitrogens is 2. The van der Waals surface area contributed by atoms with Gasteiger partial charge in [-0.25, -0.2) is 14.8 Å². The number of carbonyl (C=O) groups is 1. The van der Waals surface area contributed by atoms with Gasteiger partial charge in [0.2, 0.25) is 5.95 Å². The molecule has 0 aliphatic carbocycles. The first-order valence-corrected chi connectivity index (χ1v) is 3.93. The van der Waals surface area contributed by atoms with Crippen LogP contribution >= 0.6 is 0 Å². The molecule has 1 N–H and O–H groups in total. The zero-order valence-electron chi connectivity index (χ0n) is 7.57. The smallest absolute Gasteiger partial charge is 0.356 e. The van der Waals surface area contributed by atoms with Crippen molar-refractivity contribution in [2.45, 2.75) is 6.92 Å². The van der Waals surface area contributed by atoms with Crippen LogP contribution in [-0.4, -0.2) is 29.6 Å². The molecule has 0 bridgehead atoms. The highest BCUT2D eigenvalue weighted by Gasteiger charge is 2.07. The van der Waals surface area contributed by atoms with Crippen molar-refractivity contribution in [2.24, 2.45) is 0 Å². The van der Waals surface area contributed by atoms with Gasteiger partial charge < -0.3 is 10.1 Å². The van der Waals surface area contributed by atoms with E-state index in [-0.39, 0.29) is 5.69 Å². The van der Waals surface area contributed by atoms with Gasteiger partial charge in [-0.1, -0.05) is 0 Å². The average molecular weight is 181 g/mol. The molecule has 0 fully saturated rings. The second-order valence-electron chi connectivity index (χ2n) is 2.29. The van der Waals surface area contributed by atoms with E-state index in [1.54, 1.807) is 0 Å². The van der Waals surface area contributed by atoms with E-state index in [4.69, 9.17) is 0 Å². The fourth-order valence-electron chi connectivity index (χ4n) is 0.820. The third-order valence-corrected chi connectivity index (χ3v) is 1.39. The van der Waals surface area contributed by atoms with Crippen molar-refractivity contribution in [1.29, 1.82) is 0 Å². The van der Waals surface area contributed by atoms with Crippen LogP contribution in [0.2, 0.25) is 0 Å². The Bertz CT molecular complexity index is 301. The SMILES string of the molecule is CCNc1nccc(C(=O)OC)n1. The maximum atomic E-state index is 11.0. The van der Waals surface area contributed by atoms with Crippen molar-refractivity contribution in [3.63, 3.8) is 0 Å². The second-order valence-corrected chi connectivity index (χ2v) is 2.29. The summed E-state index contributed by atoms with van der Waals surface area (Å²) in [5.41, 5.74) is 0.258. The quantitative estimate of drug-likeness (QED) is 0.695. The van der Waals surface area contributed by atoms with Gasteiger partial charge in [-0.15, -0.1) is 0 Å². The summed E-state index contributed by atoms with van der Waals surface area (Å²) in [6, 6.07) is 1.51. The van der Waals surface area contributed by atoms with E-state index >= 15 is 0 Å². The van der Waals surface area contributed by atoms with Crippen LogP contribution in [0, 0.1) is 0 Å². The van der Waals surface area contributed by atoms with Gasteiger partial charge in [0.15, 0.2) is 5.69 Å². The summed E-state index contributed by atoms with van der Waals surface area (Å²) in [5, 5.41) is 2.90. The summed E-state index contributed by atoms with van der Waals surface area (Å²) in [5.74, 6) is -0.0213. The normalized spacial score (nSPS) is 9.38. The minimum Gasteiger partial charge on any atom is -0.464 e. The highest BCUT2D eigenvalue weighted by molar-refractivity contribution is 5.87. The summed E-state index contributed by atoms with van der Waals surface area (Å²) in [4.78, 5) is 18.9. The Morgan fingerprint density at radius 1 is 1.69 bits per heavy atom. The molecule has 1 heterocycles. The fraction of sp³-hybridized carbons (Fsp3) is 0.375. The molecule has 1 aromatic heterocycles. The van der Waals surface area contributed by atoms with Crippen molar-refractivity contribution in [3.8, 4) is 0 Å². The van der Waals surface area contributed by atoms with E-state index in [1.807, 2.05) is 6.92 Å². The lowest BCUT2D eigenvalue weighted by atomic mass is 10.4. The van der Waals surface area contributed by atoms with Crippen LogP contribution in [0.25, 0.3) is 0 Å². The predicted molar refractivity (Wildman–Crippen MR) is 47.5 cm³/mol. The Morgan fingerprint density at radius 2 is 2.46 bits per heavy atom. The van der Waals surface area contributed by atoms with Gasteiger partial charge in [0.05, 0.1) is 7.11 Å². The third kappa shape index (κ3) is 2.40. The molecule has 0 unspecified atom stereocenters. The Balaban J connectivity index is 2.85. The predicted octanol–water partition coefficient (Wildman–Crippen LogP) is 0.695. The van der Waals surface area contributed by atoms with Crippen molar-refractivity contribution in [2.75, 3.05) is 19.0 Å². The van der Waals surface area contributed by atoms with Crippen molar-refractivity contribution in [3.05, 3.63) is 18.0 Å². The number of nitrogens with one attached hydrogen (secondary N) is 1. The first-order valence-electron chi connectivity index (χ1n) is 3.93. The van der Waals surface area contributed by atoms with E-state index in [1.165, 1.54) is 19.4 Å². The van der Waals surface area contributed by atoms with Crippen molar-refractivity contribution < 1.29 is 9.53 Å². The largest absolute Gasteiger partial charge is 0.464 e. The van der Waals surface area contributed by atoms with Crippen LogP contribution in [0.5, 0.6) is 0 Å². The van der Waals surface area contributed by atoms with Crippen molar-refractivity contribution in [1.82, 2.24) is 9.97 Å². The molecule has 0 saturated heterocycles. The molecule has 5 heteroatoms. The summed E-state index contributed by atoms with van der Waals surface area (Å²) in [7, 11) is 1.32. The third-order valence-electron chi connectivity index (χ3n) is 1.39. The zero-order chi connectivity index (χ0) is 9.68. The Kier molecular flexibility index (Phi) is 3.19. The summed E-state index contributed by atoms with van der Waals surface area (Å²) in [6.07, 6.45) is 1.51. The number of rotatable bonds is 3. The Morgan fingerprint density at radius 3 is 3.08 bits per heavy atom. The van der Waals surface area contributed by atoms with E-state index in [0.29, 0.717) is 12.5 Å². The monoisotopic (exact) mass is 181 g/mol.